The van der Waals surface area contributed by atoms with Crippen LogP contribution in [-0.4, -0.2) is 26.9 Å². The van der Waals surface area contributed by atoms with Gasteiger partial charge in [0.2, 0.25) is 15.9 Å². The molecule has 1 aliphatic rings. The zero-order valence-electron chi connectivity index (χ0n) is 15.7. The zero-order valence-corrected chi connectivity index (χ0v) is 18.1. The van der Waals surface area contributed by atoms with Gasteiger partial charge < -0.3 is 5.32 Å². The molecule has 2 aromatic rings. The summed E-state index contributed by atoms with van der Waals surface area (Å²) in [5.74, 6) is -0.0257. The number of halogens is 1. The monoisotopic (exact) mass is 464 g/mol. The van der Waals surface area contributed by atoms with Crippen LogP contribution in [0.4, 0.5) is 0 Å². The molecule has 2 N–H and O–H groups in total. The van der Waals surface area contributed by atoms with E-state index in [1.807, 2.05) is 36.4 Å². The van der Waals surface area contributed by atoms with Gasteiger partial charge in [0, 0.05) is 17.1 Å². The summed E-state index contributed by atoms with van der Waals surface area (Å²) in [7, 11) is -3.46. The fourth-order valence-electron chi connectivity index (χ4n) is 3.36. The number of carbonyl (C=O) groups excluding carboxylic acids is 1. The Bertz CT molecular complexity index is 890. The van der Waals surface area contributed by atoms with Crippen molar-refractivity contribution in [2.45, 2.75) is 49.5 Å². The van der Waals surface area contributed by atoms with E-state index in [0.29, 0.717) is 24.3 Å². The number of hydrogen-bond donors (Lipinski definition) is 2. The average molecular weight is 465 g/mol. The van der Waals surface area contributed by atoms with Gasteiger partial charge in [0.1, 0.15) is 0 Å². The predicted molar refractivity (Wildman–Crippen MR) is 114 cm³/mol. The molecule has 1 aliphatic carbocycles. The SMILES string of the molecule is O=C(Cc1ccc(Br)cc1)NCCc1ccc(S(=O)(=O)NC2CCCC2)cc1. The summed E-state index contributed by atoms with van der Waals surface area (Å²) >= 11 is 3.38. The first kappa shape index (κ1) is 21.0. The van der Waals surface area contributed by atoms with Crippen molar-refractivity contribution in [1.82, 2.24) is 10.0 Å². The van der Waals surface area contributed by atoms with Crippen molar-refractivity contribution in [3.8, 4) is 0 Å². The van der Waals surface area contributed by atoms with Gasteiger partial charge in [-0.15, -0.1) is 0 Å². The third-order valence-electron chi connectivity index (χ3n) is 4.92. The maximum absolute atomic E-state index is 12.4. The van der Waals surface area contributed by atoms with E-state index < -0.39 is 10.0 Å². The van der Waals surface area contributed by atoms with E-state index in [2.05, 4.69) is 26.0 Å². The first-order valence-corrected chi connectivity index (χ1v) is 11.8. The topological polar surface area (TPSA) is 75.3 Å². The van der Waals surface area contributed by atoms with Crippen molar-refractivity contribution in [3.63, 3.8) is 0 Å². The molecule has 0 aliphatic heterocycles. The number of benzene rings is 2. The number of hydrogen-bond acceptors (Lipinski definition) is 3. The van der Waals surface area contributed by atoms with Gasteiger partial charge in [-0.25, -0.2) is 13.1 Å². The molecule has 2 aromatic carbocycles. The van der Waals surface area contributed by atoms with Gasteiger partial charge in [-0.3, -0.25) is 4.79 Å². The van der Waals surface area contributed by atoms with Crippen LogP contribution < -0.4 is 10.0 Å². The van der Waals surface area contributed by atoms with E-state index in [0.717, 1.165) is 41.3 Å². The fourth-order valence-corrected chi connectivity index (χ4v) is 4.93. The smallest absolute Gasteiger partial charge is 0.240 e. The largest absolute Gasteiger partial charge is 0.355 e. The highest BCUT2D eigenvalue weighted by Crippen LogP contribution is 2.20. The van der Waals surface area contributed by atoms with Gasteiger partial charge in [0.05, 0.1) is 11.3 Å². The third-order valence-corrected chi connectivity index (χ3v) is 6.99. The van der Waals surface area contributed by atoms with Crippen LogP contribution in [0.5, 0.6) is 0 Å². The molecule has 0 bridgehead atoms. The summed E-state index contributed by atoms with van der Waals surface area (Å²) in [6.45, 7) is 0.516. The number of nitrogens with one attached hydrogen (secondary N) is 2. The molecule has 0 unspecified atom stereocenters. The lowest BCUT2D eigenvalue weighted by atomic mass is 10.1. The molecule has 0 atom stereocenters. The molecule has 3 rings (SSSR count). The summed E-state index contributed by atoms with van der Waals surface area (Å²) in [6.07, 6.45) is 4.99. The minimum absolute atomic E-state index is 0.0257. The number of rotatable bonds is 8. The second-order valence-electron chi connectivity index (χ2n) is 7.15. The number of sulfonamides is 1. The van der Waals surface area contributed by atoms with Crippen LogP contribution in [0.2, 0.25) is 0 Å². The molecule has 0 aromatic heterocycles. The van der Waals surface area contributed by atoms with Crippen molar-refractivity contribution in [2.24, 2.45) is 0 Å². The average Bonchev–Trinajstić information content (AvgIpc) is 3.16. The molecular formula is C21H25BrN2O3S. The number of carbonyl (C=O) groups is 1. The Kier molecular flexibility index (Phi) is 7.26. The van der Waals surface area contributed by atoms with Gasteiger partial charge >= 0.3 is 0 Å². The van der Waals surface area contributed by atoms with Crippen LogP contribution in [-0.2, 0) is 27.7 Å². The van der Waals surface area contributed by atoms with Gasteiger partial charge in [-0.05, 0) is 54.7 Å². The quantitative estimate of drug-likeness (QED) is 0.626. The Hall–Kier alpha value is -1.70. The normalized spacial score (nSPS) is 14.9. The molecule has 0 spiro atoms. The van der Waals surface area contributed by atoms with Crippen molar-refractivity contribution < 1.29 is 13.2 Å². The second-order valence-corrected chi connectivity index (χ2v) is 9.78. The molecule has 7 heteroatoms. The summed E-state index contributed by atoms with van der Waals surface area (Å²) in [6, 6.07) is 14.6. The van der Waals surface area contributed by atoms with E-state index in [4.69, 9.17) is 0 Å². The molecule has 5 nitrogen and oxygen atoms in total. The fraction of sp³-hybridized carbons (Fsp3) is 0.381. The Labute approximate surface area is 175 Å². The van der Waals surface area contributed by atoms with Crippen molar-refractivity contribution >= 4 is 31.9 Å². The lowest BCUT2D eigenvalue weighted by Crippen LogP contribution is -2.32. The standard InChI is InChI=1S/C21H25BrN2O3S/c22-18-9-5-17(6-10-18)15-21(25)23-14-13-16-7-11-20(12-8-16)28(26,27)24-19-3-1-2-4-19/h5-12,19,24H,1-4,13-15H2,(H,23,25). The summed E-state index contributed by atoms with van der Waals surface area (Å²) in [4.78, 5) is 12.3. The minimum atomic E-state index is -3.46. The van der Waals surface area contributed by atoms with Crippen LogP contribution >= 0.6 is 15.9 Å². The third kappa shape index (κ3) is 6.15. The molecule has 1 saturated carbocycles. The minimum Gasteiger partial charge on any atom is -0.355 e. The molecule has 150 valence electrons. The van der Waals surface area contributed by atoms with Crippen molar-refractivity contribution in [1.29, 1.82) is 0 Å². The van der Waals surface area contributed by atoms with E-state index in [1.165, 1.54) is 0 Å². The highest BCUT2D eigenvalue weighted by Gasteiger charge is 2.22. The first-order valence-electron chi connectivity index (χ1n) is 9.55. The van der Waals surface area contributed by atoms with Gasteiger partial charge in [-0.2, -0.15) is 0 Å². The summed E-state index contributed by atoms with van der Waals surface area (Å²) in [5, 5.41) is 2.91. The van der Waals surface area contributed by atoms with Crippen molar-refractivity contribution in [2.75, 3.05) is 6.54 Å². The first-order chi connectivity index (χ1) is 13.4. The van der Waals surface area contributed by atoms with E-state index in [-0.39, 0.29) is 11.9 Å². The Balaban J connectivity index is 1.46. The van der Waals surface area contributed by atoms with Crippen molar-refractivity contribution in [3.05, 3.63) is 64.1 Å². The van der Waals surface area contributed by atoms with Crippen LogP contribution in [0.25, 0.3) is 0 Å². The molecular weight excluding hydrogens is 440 g/mol. The highest BCUT2D eigenvalue weighted by atomic mass is 79.9. The maximum atomic E-state index is 12.4. The Morgan fingerprint density at radius 3 is 2.21 bits per heavy atom. The lowest BCUT2D eigenvalue weighted by molar-refractivity contribution is -0.120. The molecule has 0 heterocycles. The van der Waals surface area contributed by atoms with E-state index in [1.54, 1.807) is 12.1 Å². The summed E-state index contributed by atoms with van der Waals surface area (Å²) < 4.78 is 28.6. The predicted octanol–water partition coefficient (Wildman–Crippen LogP) is 3.57. The number of amides is 1. The van der Waals surface area contributed by atoms with Crippen LogP contribution in [0.15, 0.2) is 57.9 Å². The molecule has 28 heavy (non-hydrogen) atoms. The Morgan fingerprint density at radius 2 is 1.57 bits per heavy atom. The van der Waals surface area contributed by atoms with Gasteiger partial charge in [0.15, 0.2) is 0 Å². The lowest BCUT2D eigenvalue weighted by Gasteiger charge is -2.13. The van der Waals surface area contributed by atoms with Gasteiger partial charge in [-0.1, -0.05) is 53.0 Å². The van der Waals surface area contributed by atoms with Crippen LogP contribution in [0.1, 0.15) is 36.8 Å². The molecule has 0 saturated heterocycles. The highest BCUT2D eigenvalue weighted by molar-refractivity contribution is 9.10. The van der Waals surface area contributed by atoms with Gasteiger partial charge in [0.25, 0.3) is 0 Å². The summed E-state index contributed by atoms with van der Waals surface area (Å²) in [5.41, 5.74) is 1.95. The van der Waals surface area contributed by atoms with E-state index in [9.17, 15) is 13.2 Å². The van der Waals surface area contributed by atoms with Crippen LogP contribution in [0.3, 0.4) is 0 Å². The van der Waals surface area contributed by atoms with E-state index >= 15 is 0 Å². The molecule has 0 radical (unpaired) electrons. The Morgan fingerprint density at radius 1 is 0.964 bits per heavy atom. The maximum Gasteiger partial charge on any atom is 0.240 e. The zero-order chi connectivity index (χ0) is 20.0. The van der Waals surface area contributed by atoms with Crippen LogP contribution in [0, 0.1) is 0 Å². The molecule has 1 fully saturated rings. The molecule has 1 amide bonds. The second kappa shape index (κ2) is 9.67.